The molecule has 3 nitrogen and oxygen atoms in total. The maximum absolute atomic E-state index is 13.1. The van der Waals surface area contributed by atoms with Gasteiger partial charge in [-0.25, -0.2) is 4.39 Å². The standard InChI is InChI=1S/C14H15FN2OS/c15-10-4-3-9-6-13(19-12(9)7-10)14(18)17-11-2-1-5-16-8-11/h3-4,6-7,11,16H,1-2,5,8H2,(H,17,18). The van der Waals surface area contributed by atoms with Gasteiger partial charge in [0.05, 0.1) is 4.88 Å². The van der Waals surface area contributed by atoms with E-state index in [0.29, 0.717) is 4.88 Å². The number of thiophene rings is 1. The van der Waals surface area contributed by atoms with Crippen LogP contribution in [-0.4, -0.2) is 25.0 Å². The molecule has 1 amide bonds. The molecule has 1 aliphatic rings. The highest BCUT2D eigenvalue weighted by Crippen LogP contribution is 2.26. The highest BCUT2D eigenvalue weighted by molar-refractivity contribution is 7.20. The van der Waals surface area contributed by atoms with Gasteiger partial charge in [0.2, 0.25) is 0 Å². The molecule has 1 aromatic heterocycles. The van der Waals surface area contributed by atoms with Gasteiger partial charge in [-0.1, -0.05) is 6.07 Å². The number of halogens is 1. The first-order valence-electron chi connectivity index (χ1n) is 6.43. The molecule has 1 atom stereocenters. The number of amides is 1. The van der Waals surface area contributed by atoms with Crippen molar-refractivity contribution in [2.24, 2.45) is 0 Å². The van der Waals surface area contributed by atoms with E-state index in [0.717, 1.165) is 36.0 Å². The highest BCUT2D eigenvalue weighted by Gasteiger charge is 2.17. The van der Waals surface area contributed by atoms with Gasteiger partial charge in [0.1, 0.15) is 5.82 Å². The molecule has 1 fully saturated rings. The van der Waals surface area contributed by atoms with Crippen LogP contribution in [0.1, 0.15) is 22.5 Å². The maximum atomic E-state index is 13.1. The van der Waals surface area contributed by atoms with Crippen molar-refractivity contribution in [1.29, 1.82) is 0 Å². The Hall–Kier alpha value is -1.46. The first-order valence-corrected chi connectivity index (χ1v) is 7.25. The van der Waals surface area contributed by atoms with Crippen LogP contribution in [0.15, 0.2) is 24.3 Å². The molecule has 2 aromatic rings. The van der Waals surface area contributed by atoms with E-state index in [9.17, 15) is 9.18 Å². The minimum absolute atomic E-state index is 0.0599. The van der Waals surface area contributed by atoms with Crippen LogP contribution in [0.5, 0.6) is 0 Å². The van der Waals surface area contributed by atoms with Crippen LogP contribution in [0, 0.1) is 5.82 Å². The number of rotatable bonds is 2. The summed E-state index contributed by atoms with van der Waals surface area (Å²) in [6.07, 6.45) is 2.10. The topological polar surface area (TPSA) is 41.1 Å². The molecule has 0 radical (unpaired) electrons. The monoisotopic (exact) mass is 278 g/mol. The summed E-state index contributed by atoms with van der Waals surface area (Å²) in [5.41, 5.74) is 0. The Labute approximate surface area is 114 Å². The minimum Gasteiger partial charge on any atom is -0.347 e. The average Bonchev–Trinajstić information content (AvgIpc) is 2.83. The van der Waals surface area contributed by atoms with Crippen molar-refractivity contribution in [1.82, 2.24) is 10.6 Å². The number of hydrogen-bond acceptors (Lipinski definition) is 3. The number of carbonyl (C=O) groups is 1. The zero-order valence-electron chi connectivity index (χ0n) is 10.4. The third-order valence-corrected chi connectivity index (χ3v) is 4.43. The van der Waals surface area contributed by atoms with Gasteiger partial charge in [0.15, 0.2) is 0 Å². The van der Waals surface area contributed by atoms with Gasteiger partial charge in [-0.15, -0.1) is 11.3 Å². The molecular weight excluding hydrogens is 263 g/mol. The molecule has 2 heterocycles. The quantitative estimate of drug-likeness (QED) is 0.886. The first-order chi connectivity index (χ1) is 9.22. The maximum Gasteiger partial charge on any atom is 0.261 e. The van der Waals surface area contributed by atoms with Crippen molar-refractivity contribution in [2.75, 3.05) is 13.1 Å². The van der Waals surface area contributed by atoms with E-state index >= 15 is 0 Å². The lowest BCUT2D eigenvalue weighted by molar-refractivity contribution is 0.0935. The van der Waals surface area contributed by atoms with Crippen molar-refractivity contribution >= 4 is 27.3 Å². The average molecular weight is 278 g/mol. The van der Waals surface area contributed by atoms with Crippen LogP contribution in [0.4, 0.5) is 4.39 Å². The summed E-state index contributed by atoms with van der Waals surface area (Å²) in [6.45, 7) is 1.85. The van der Waals surface area contributed by atoms with Gasteiger partial charge in [0, 0.05) is 17.3 Å². The van der Waals surface area contributed by atoms with E-state index in [2.05, 4.69) is 10.6 Å². The number of fused-ring (bicyclic) bond motifs is 1. The number of piperidine rings is 1. The van der Waals surface area contributed by atoms with E-state index in [1.807, 2.05) is 6.07 Å². The van der Waals surface area contributed by atoms with Crippen molar-refractivity contribution < 1.29 is 9.18 Å². The molecule has 100 valence electrons. The van der Waals surface area contributed by atoms with Crippen LogP contribution in [0.2, 0.25) is 0 Å². The van der Waals surface area contributed by atoms with Crippen molar-refractivity contribution in [3.05, 3.63) is 35.0 Å². The lowest BCUT2D eigenvalue weighted by Gasteiger charge is -2.23. The second-order valence-corrected chi connectivity index (χ2v) is 5.89. The second-order valence-electron chi connectivity index (χ2n) is 4.81. The smallest absolute Gasteiger partial charge is 0.261 e. The zero-order valence-corrected chi connectivity index (χ0v) is 11.2. The van der Waals surface area contributed by atoms with E-state index in [1.54, 1.807) is 6.07 Å². The molecule has 0 spiro atoms. The Morgan fingerprint density at radius 1 is 1.42 bits per heavy atom. The summed E-state index contributed by atoms with van der Waals surface area (Å²) < 4.78 is 13.9. The van der Waals surface area contributed by atoms with E-state index in [-0.39, 0.29) is 17.8 Å². The zero-order chi connectivity index (χ0) is 13.2. The molecule has 0 bridgehead atoms. The highest BCUT2D eigenvalue weighted by atomic mass is 32.1. The summed E-state index contributed by atoms with van der Waals surface area (Å²) in [4.78, 5) is 12.8. The lowest BCUT2D eigenvalue weighted by Crippen LogP contribution is -2.45. The van der Waals surface area contributed by atoms with Gasteiger partial charge in [-0.3, -0.25) is 4.79 Å². The molecule has 1 unspecified atom stereocenters. The normalized spacial score (nSPS) is 19.5. The van der Waals surface area contributed by atoms with Gasteiger partial charge < -0.3 is 10.6 Å². The summed E-state index contributed by atoms with van der Waals surface area (Å²) in [5.74, 6) is -0.326. The minimum atomic E-state index is -0.266. The Bertz CT molecular complexity index is 605. The van der Waals surface area contributed by atoms with Gasteiger partial charge >= 0.3 is 0 Å². The Morgan fingerprint density at radius 2 is 2.32 bits per heavy atom. The molecule has 0 aliphatic carbocycles. The predicted octanol–water partition coefficient (Wildman–Crippen LogP) is 2.52. The molecule has 19 heavy (non-hydrogen) atoms. The first kappa shape index (κ1) is 12.6. The fourth-order valence-corrected chi connectivity index (χ4v) is 3.34. The van der Waals surface area contributed by atoms with Crippen LogP contribution in [-0.2, 0) is 0 Å². The third kappa shape index (κ3) is 2.77. The summed E-state index contributed by atoms with van der Waals surface area (Å²) in [6, 6.07) is 6.62. The summed E-state index contributed by atoms with van der Waals surface area (Å²) in [7, 11) is 0. The van der Waals surface area contributed by atoms with E-state index in [4.69, 9.17) is 0 Å². The molecular formula is C14H15FN2OS. The fourth-order valence-electron chi connectivity index (χ4n) is 2.35. The van der Waals surface area contributed by atoms with Crippen molar-refractivity contribution in [2.45, 2.75) is 18.9 Å². The summed E-state index contributed by atoms with van der Waals surface area (Å²) >= 11 is 1.34. The van der Waals surface area contributed by atoms with Crippen molar-refractivity contribution in [3.63, 3.8) is 0 Å². The molecule has 1 saturated heterocycles. The van der Waals surface area contributed by atoms with Gasteiger partial charge in [-0.2, -0.15) is 0 Å². The number of nitrogens with one attached hydrogen (secondary N) is 2. The molecule has 2 N–H and O–H groups in total. The predicted molar refractivity (Wildman–Crippen MR) is 75.1 cm³/mol. The molecule has 3 rings (SSSR count). The van der Waals surface area contributed by atoms with E-state index in [1.165, 1.54) is 23.5 Å². The number of benzene rings is 1. The Balaban J connectivity index is 1.77. The van der Waals surface area contributed by atoms with Crippen LogP contribution in [0.25, 0.3) is 10.1 Å². The Kier molecular flexibility index (Phi) is 3.48. The fraction of sp³-hybridized carbons (Fsp3) is 0.357. The van der Waals surface area contributed by atoms with Crippen LogP contribution < -0.4 is 10.6 Å². The van der Waals surface area contributed by atoms with E-state index < -0.39 is 0 Å². The molecule has 5 heteroatoms. The van der Waals surface area contributed by atoms with Crippen LogP contribution >= 0.6 is 11.3 Å². The molecule has 1 aliphatic heterocycles. The van der Waals surface area contributed by atoms with Crippen LogP contribution in [0.3, 0.4) is 0 Å². The summed E-state index contributed by atoms with van der Waals surface area (Å²) in [5, 5.41) is 7.21. The van der Waals surface area contributed by atoms with Crippen molar-refractivity contribution in [3.8, 4) is 0 Å². The van der Waals surface area contributed by atoms with Gasteiger partial charge in [0.25, 0.3) is 5.91 Å². The molecule has 0 saturated carbocycles. The third-order valence-electron chi connectivity index (χ3n) is 3.34. The SMILES string of the molecule is O=C(NC1CCCNC1)c1cc2ccc(F)cc2s1. The second kappa shape index (κ2) is 5.27. The number of carbonyl (C=O) groups excluding carboxylic acids is 1. The Morgan fingerprint density at radius 3 is 3.11 bits per heavy atom. The number of hydrogen-bond donors (Lipinski definition) is 2. The van der Waals surface area contributed by atoms with Gasteiger partial charge in [-0.05, 0) is 43.0 Å². The largest absolute Gasteiger partial charge is 0.347 e. The molecule has 1 aromatic carbocycles. The lowest BCUT2D eigenvalue weighted by atomic mass is 10.1.